The van der Waals surface area contributed by atoms with Gasteiger partial charge in [-0.15, -0.1) is 0 Å². The molecular weight excluding hydrogens is 246 g/mol. The Hall–Kier alpha value is -0.660. The fourth-order valence-electron chi connectivity index (χ4n) is 1.07. The zero-order valence-electron chi connectivity index (χ0n) is 10.7. The number of hydrogen-bond donors (Lipinski definition) is 2. The zero-order chi connectivity index (χ0) is 13.7. The lowest BCUT2D eigenvalue weighted by atomic mass is 10.1. The first-order valence-electron chi connectivity index (χ1n) is 5.26. The first-order valence-corrected chi connectivity index (χ1v) is 7.08. The molecule has 0 aromatic rings. The summed E-state index contributed by atoms with van der Waals surface area (Å²) in [7, 11) is -2.50. The average molecular weight is 267 g/mol. The molecule has 0 aliphatic carbocycles. The molecule has 0 aromatic heterocycles. The number of β-amino-alcohol motifs (C(OH)–C–C–N with tert-alkyl or cyclic N) is 1. The number of ether oxygens (including phenoxy) is 1. The summed E-state index contributed by atoms with van der Waals surface area (Å²) in [5.74, 6) is -1.97. The topological polar surface area (TPSA) is 92.7 Å². The van der Waals surface area contributed by atoms with Crippen molar-refractivity contribution in [3.05, 3.63) is 0 Å². The first-order chi connectivity index (χ1) is 7.56. The first kappa shape index (κ1) is 16.3. The van der Waals surface area contributed by atoms with Crippen LogP contribution in [0, 0.1) is 0 Å². The molecule has 0 saturated carbocycles. The third-order valence-corrected chi connectivity index (χ3v) is 3.45. The van der Waals surface area contributed by atoms with E-state index >= 15 is 0 Å². The van der Waals surface area contributed by atoms with E-state index in [4.69, 9.17) is 0 Å². The summed E-state index contributed by atoms with van der Waals surface area (Å²) in [5, 5.41) is 12.5. The largest absolute Gasteiger partial charge is 0.468 e. The van der Waals surface area contributed by atoms with Gasteiger partial charge < -0.3 is 15.2 Å². The molecule has 0 amide bonds. The molecule has 0 aromatic carbocycles. The van der Waals surface area contributed by atoms with Crippen LogP contribution >= 0.6 is 0 Å². The van der Waals surface area contributed by atoms with Crippen molar-refractivity contribution < 1.29 is 23.1 Å². The summed E-state index contributed by atoms with van der Waals surface area (Å²) >= 11 is 0. The number of carbonyl (C=O) groups is 1. The molecule has 0 aliphatic rings. The van der Waals surface area contributed by atoms with E-state index in [9.17, 15) is 18.3 Å². The van der Waals surface area contributed by atoms with Crippen LogP contribution in [-0.4, -0.2) is 56.3 Å². The van der Waals surface area contributed by atoms with Crippen LogP contribution in [0.5, 0.6) is 0 Å². The number of sulfone groups is 1. The molecule has 0 heterocycles. The summed E-state index contributed by atoms with van der Waals surface area (Å²) in [4.78, 5) is 10.8. The SMILES string of the molecule is COC(=O)CS(=O)(=O)CC(O)CNC(C)(C)C. The lowest BCUT2D eigenvalue weighted by Gasteiger charge is -2.22. The minimum atomic E-state index is -3.62. The van der Waals surface area contributed by atoms with Crippen LogP contribution in [-0.2, 0) is 19.4 Å². The lowest BCUT2D eigenvalue weighted by Crippen LogP contribution is -2.43. The van der Waals surface area contributed by atoms with E-state index in [0.29, 0.717) is 0 Å². The van der Waals surface area contributed by atoms with E-state index in [1.165, 1.54) is 0 Å². The van der Waals surface area contributed by atoms with E-state index in [-0.39, 0.29) is 12.1 Å². The Morgan fingerprint density at radius 2 is 1.94 bits per heavy atom. The summed E-state index contributed by atoms with van der Waals surface area (Å²) in [6, 6.07) is 0. The van der Waals surface area contributed by atoms with Crippen molar-refractivity contribution in [3.63, 3.8) is 0 Å². The van der Waals surface area contributed by atoms with Crippen molar-refractivity contribution in [1.29, 1.82) is 0 Å². The van der Waals surface area contributed by atoms with Gasteiger partial charge in [-0.1, -0.05) is 0 Å². The van der Waals surface area contributed by atoms with Gasteiger partial charge in [0.2, 0.25) is 0 Å². The molecule has 1 atom stereocenters. The average Bonchev–Trinajstić information content (AvgIpc) is 2.12. The van der Waals surface area contributed by atoms with Crippen LogP contribution in [0.25, 0.3) is 0 Å². The predicted octanol–water partition coefficient (Wildman–Crippen LogP) is -0.677. The molecule has 7 heteroatoms. The van der Waals surface area contributed by atoms with Crippen molar-refractivity contribution >= 4 is 15.8 Å². The second-order valence-corrected chi connectivity index (χ2v) is 7.02. The maximum absolute atomic E-state index is 11.4. The smallest absolute Gasteiger partial charge is 0.320 e. The van der Waals surface area contributed by atoms with Gasteiger partial charge in [0.15, 0.2) is 9.84 Å². The number of carbonyl (C=O) groups excluding carboxylic acids is 1. The van der Waals surface area contributed by atoms with Crippen LogP contribution in [0.15, 0.2) is 0 Å². The monoisotopic (exact) mass is 267 g/mol. The Morgan fingerprint density at radius 1 is 1.41 bits per heavy atom. The Labute approximate surface area is 102 Å². The van der Waals surface area contributed by atoms with Gasteiger partial charge in [0.05, 0.1) is 19.0 Å². The van der Waals surface area contributed by atoms with Crippen molar-refractivity contribution in [3.8, 4) is 0 Å². The van der Waals surface area contributed by atoms with Crippen LogP contribution < -0.4 is 5.32 Å². The van der Waals surface area contributed by atoms with Crippen LogP contribution in [0.4, 0.5) is 0 Å². The number of hydrogen-bond acceptors (Lipinski definition) is 6. The molecule has 1 unspecified atom stereocenters. The van der Waals surface area contributed by atoms with E-state index in [2.05, 4.69) is 10.1 Å². The highest BCUT2D eigenvalue weighted by atomic mass is 32.2. The number of aliphatic hydroxyl groups is 1. The third-order valence-electron chi connectivity index (χ3n) is 1.88. The Bertz CT molecular complexity index is 344. The van der Waals surface area contributed by atoms with Gasteiger partial charge in [0.25, 0.3) is 0 Å². The van der Waals surface area contributed by atoms with E-state index in [1.807, 2.05) is 20.8 Å². The molecule has 0 saturated heterocycles. The maximum atomic E-state index is 11.4. The van der Waals surface area contributed by atoms with E-state index < -0.39 is 33.4 Å². The van der Waals surface area contributed by atoms with Gasteiger partial charge in [-0.25, -0.2) is 8.42 Å². The summed E-state index contributed by atoms with van der Waals surface area (Å²) < 4.78 is 27.2. The highest BCUT2D eigenvalue weighted by molar-refractivity contribution is 7.92. The van der Waals surface area contributed by atoms with E-state index in [1.54, 1.807) is 0 Å². The maximum Gasteiger partial charge on any atom is 0.320 e. The summed E-state index contributed by atoms with van der Waals surface area (Å²) in [6.45, 7) is 5.87. The predicted molar refractivity (Wildman–Crippen MR) is 64.4 cm³/mol. The minimum absolute atomic E-state index is 0.157. The highest BCUT2D eigenvalue weighted by Gasteiger charge is 2.22. The van der Waals surface area contributed by atoms with Crippen molar-refractivity contribution in [1.82, 2.24) is 5.32 Å². The van der Waals surface area contributed by atoms with Gasteiger partial charge in [0.1, 0.15) is 5.75 Å². The second kappa shape index (κ2) is 6.32. The van der Waals surface area contributed by atoms with Gasteiger partial charge in [0, 0.05) is 12.1 Å². The van der Waals surface area contributed by atoms with Crippen molar-refractivity contribution in [2.24, 2.45) is 0 Å². The molecule has 0 spiro atoms. The Kier molecular flexibility index (Phi) is 6.08. The molecule has 2 N–H and O–H groups in total. The van der Waals surface area contributed by atoms with Gasteiger partial charge in [-0.2, -0.15) is 0 Å². The number of methoxy groups -OCH3 is 1. The van der Waals surface area contributed by atoms with Gasteiger partial charge >= 0.3 is 5.97 Å². The molecule has 0 bridgehead atoms. The minimum Gasteiger partial charge on any atom is -0.468 e. The number of aliphatic hydroxyl groups excluding tert-OH is 1. The van der Waals surface area contributed by atoms with Crippen LogP contribution in [0.3, 0.4) is 0 Å². The second-order valence-electron chi connectivity index (χ2n) is 4.92. The Balaban J connectivity index is 4.19. The number of rotatable bonds is 6. The van der Waals surface area contributed by atoms with E-state index in [0.717, 1.165) is 7.11 Å². The normalized spacial score (nSPS) is 14.4. The molecule has 0 fully saturated rings. The van der Waals surface area contributed by atoms with Crippen molar-refractivity contribution in [2.45, 2.75) is 32.4 Å². The molecule has 102 valence electrons. The lowest BCUT2D eigenvalue weighted by molar-refractivity contribution is -0.137. The standard InChI is InChI=1S/C10H21NO5S/c1-10(2,3)11-5-8(12)6-17(14,15)7-9(13)16-4/h8,11-12H,5-7H2,1-4H3. The summed E-state index contributed by atoms with van der Waals surface area (Å²) in [6.07, 6.45) is -1.04. The third kappa shape index (κ3) is 9.08. The quantitative estimate of drug-likeness (QED) is 0.620. The van der Waals surface area contributed by atoms with Crippen molar-refractivity contribution in [2.75, 3.05) is 25.2 Å². The zero-order valence-corrected chi connectivity index (χ0v) is 11.5. The molecule has 0 radical (unpaired) electrons. The number of nitrogens with one attached hydrogen (secondary N) is 1. The molecule has 17 heavy (non-hydrogen) atoms. The molecule has 0 rings (SSSR count). The van der Waals surface area contributed by atoms with Crippen LogP contribution in [0.2, 0.25) is 0 Å². The fraction of sp³-hybridized carbons (Fsp3) is 0.900. The highest BCUT2D eigenvalue weighted by Crippen LogP contribution is 2.01. The molecule has 6 nitrogen and oxygen atoms in total. The van der Waals surface area contributed by atoms with Crippen LogP contribution in [0.1, 0.15) is 20.8 Å². The fourth-order valence-corrected chi connectivity index (χ4v) is 2.37. The van der Waals surface area contributed by atoms with Gasteiger partial charge in [-0.05, 0) is 20.8 Å². The Morgan fingerprint density at radius 3 is 2.35 bits per heavy atom. The molecular formula is C10H21NO5S. The summed E-state index contributed by atoms with van der Waals surface area (Å²) in [5.41, 5.74) is -0.201. The van der Waals surface area contributed by atoms with Gasteiger partial charge in [-0.3, -0.25) is 4.79 Å². The number of esters is 1. The molecule has 0 aliphatic heterocycles.